The van der Waals surface area contributed by atoms with Gasteiger partial charge in [0.15, 0.2) is 11.6 Å². The van der Waals surface area contributed by atoms with E-state index >= 15 is 0 Å². The van der Waals surface area contributed by atoms with Crippen molar-refractivity contribution in [2.24, 2.45) is 10.9 Å². The van der Waals surface area contributed by atoms with Crippen LogP contribution >= 0.6 is 0 Å². The molecule has 0 aliphatic carbocycles. The first-order chi connectivity index (χ1) is 15.1. The van der Waals surface area contributed by atoms with E-state index in [1.54, 1.807) is 7.11 Å². The maximum Gasteiger partial charge on any atom is 0.237 e. The summed E-state index contributed by atoms with van der Waals surface area (Å²) in [5.74, 6) is 2.85. The predicted octanol–water partition coefficient (Wildman–Crippen LogP) is 3.39. The van der Waals surface area contributed by atoms with Crippen molar-refractivity contribution >= 4 is 5.90 Å². The van der Waals surface area contributed by atoms with E-state index in [-0.39, 0.29) is 6.04 Å². The van der Waals surface area contributed by atoms with Crippen molar-refractivity contribution in [1.82, 2.24) is 24.3 Å². The fraction of sp³-hybridized carbons (Fsp3) is 0.478. The molecule has 4 heterocycles. The maximum absolute atomic E-state index is 6.00. The van der Waals surface area contributed by atoms with Crippen LogP contribution in [0.15, 0.2) is 29.5 Å². The molecule has 1 atom stereocenters. The fourth-order valence-electron chi connectivity index (χ4n) is 4.40. The van der Waals surface area contributed by atoms with E-state index in [1.807, 2.05) is 6.33 Å². The van der Waals surface area contributed by atoms with Gasteiger partial charge < -0.3 is 14.0 Å². The molecule has 2 aromatic heterocycles. The second kappa shape index (κ2) is 7.92. The fourth-order valence-corrected chi connectivity index (χ4v) is 4.40. The summed E-state index contributed by atoms with van der Waals surface area (Å²) in [6.45, 7) is 8.16. The number of benzene rings is 1. The van der Waals surface area contributed by atoms with Gasteiger partial charge in [0, 0.05) is 12.7 Å². The van der Waals surface area contributed by atoms with Gasteiger partial charge in [-0.05, 0) is 36.5 Å². The molecule has 0 bridgehead atoms. The molecule has 0 fully saturated rings. The SMILES string of the molecule is CCc1ccc2c(c1)-c1nnc(COC)n1Cc1c(C3=N[C@H](CC(C)C)CO3)ncn1-2. The van der Waals surface area contributed by atoms with Gasteiger partial charge >= 0.3 is 0 Å². The van der Waals surface area contributed by atoms with Gasteiger partial charge in [-0.3, -0.25) is 4.57 Å². The van der Waals surface area contributed by atoms with Gasteiger partial charge in [-0.2, -0.15) is 0 Å². The van der Waals surface area contributed by atoms with Crippen LogP contribution in [0.4, 0.5) is 0 Å². The summed E-state index contributed by atoms with van der Waals surface area (Å²) in [5.41, 5.74) is 5.15. The molecule has 8 nitrogen and oxygen atoms in total. The molecule has 1 aromatic carbocycles. The Labute approximate surface area is 182 Å². The Bertz CT molecular complexity index is 1140. The van der Waals surface area contributed by atoms with Crippen molar-refractivity contribution in [2.45, 2.75) is 52.8 Å². The van der Waals surface area contributed by atoms with Crippen molar-refractivity contribution in [3.63, 3.8) is 0 Å². The summed E-state index contributed by atoms with van der Waals surface area (Å²) in [6.07, 6.45) is 3.83. The van der Waals surface area contributed by atoms with Crippen LogP contribution in [0.1, 0.15) is 50.0 Å². The smallest absolute Gasteiger partial charge is 0.237 e. The molecule has 2 aliphatic rings. The average Bonchev–Trinajstić information content (AvgIpc) is 3.46. The molecule has 0 saturated heterocycles. The van der Waals surface area contributed by atoms with Crippen molar-refractivity contribution in [3.05, 3.63) is 47.3 Å². The molecule has 31 heavy (non-hydrogen) atoms. The zero-order chi connectivity index (χ0) is 21.5. The topological polar surface area (TPSA) is 79.3 Å². The second-order valence-corrected chi connectivity index (χ2v) is 8.60. The van der Waals surface area contributed by atoms with Crippen LogP contribution in [0.5, 0.6) is 0 Å². The zero-order valence-electron chi connectivity index (χ0n) is 18.5. The molecular formula is C23H28N6O2. The van der Waals surface area contributed by atoms with Gasteiger partial charge in [0.2, 0.25) is 5.90 Å². The number of ether oxygens (including phenoxy) is 2. The number of hydrogen-bond donors (Lipinski definition) is 0. The van der Waals surface area contributed by atoms with Crippen LogP contribution in [0, 0.1) is 5.92 Å². The molecule has 0 amide bonds. The molecule has 0 N–H and O–H groups in total. The highest BCUT2D eigenvalue weighted by Gasteiger charge is 2.30. The number of rotatable bonds is 6. The van der Waals surface area contributed by atoms with E-state index in [0.29, 0.717) is 31.6 Å². The first-order valence-corrected chi connectivity index (χ1v) is 10.9. The van der Waals surface area contributed by atoms with E-state index in [4.69, 9.17) is 19.5 Å². The van der Waals surface area contributed by atoms with E-state index < -0.39 is 0 Å². The Morgan fingerprint density at radius 1 is 1.26 bits per heavy atom. The number of hydrogen-bond acceptors (Lipinski definition) is 6. The summed E-state index contributed by atoms with van der Waals surface area (Å²) in [6, 6.07) is 6.69. The minimum absolute atomic E-state index is 0.187. The molecule has 3 aromatic rings. The molecule has 2 aliphatic heterocycles. The number of imidazole rings is 1. The van der Waals surface area contributed by atoms with Crippen molar-refractivity contribution < 1.29 is 9.47 Å². The Morgan fingerprint density at radius 2 is 2.13 bits per heavy atom. The standard InChI is InChI=1S/C23H28N6O2/c1-5-15-6-7-18-17(9-15)22-27-26-20(12-30-4)28(22)10-19-21(24-13-29(18)19)23-25-16(11-31-23)8-14(2)3/h6-7,9,13-14,16H,5,8,10-12H2,1-4H3/t16-/m1/s1. The lowest BCUT2D eigenvalue weighted by Gasteiger charge is -2.10. The Morgan fingerprint density at radius 3 is 2.90 bits per heavy atom. The third-order valence-electron chi connectivity index (χ3n) is 5.90. The van der Waals surface area contributed by atoms with Crippen LogP contribution in [-0.2, 0) is 29.0 Å². The van der Waals surface area contributed by atoms with E-state index in [9.17, 15) is 0 Å². The lowest BCUT2D eigenvalue weighted by atomic mass is 10.1. The Hall–Kier alpha value is -3.00. The summed E-state index contributed by atoms with van der Waals surface area (Å²) >= 11 is 0. The number of methoxy groups -OCH3 is 1. The number of aryl methyl sites for hydroxylation is 1. The Balaban J connectivity index is 1.65. The van der Waals surface area contributed by atoms with Gasteiger partial charge in [-0.15, -0.1) is 10.2 Å². The van der Waals surface area contributed by atoms with E-state index in [0.717, 1.165) is 47.1 Å². The number of fused-ring (bicyclic) bond motifs is 5. The van der Waals surface area contributed by atoms with Crippen LogP contribution in [-0.4, -0.2) is 50.0 Å². The van der Waals surface area contributed by atoms with E-state index in [1.165, 1.54) is 5.56 Å². The van der Waals surface area contributed by atoms with Crippen LogP contribution < -0.4 is 0 Å². The predicted molar refractivity (Wildman–Crippen MR) is 118 cm³/mol. The lowest BCUT2D eigenvalue weighted by molar-refractivity contribution is 0.174. The van der Waals surface area contributed by atoms with Gasteiger partial charge in [0.1, 0.15) is 25.2 Å². The van der Waals surface area contributed by atoms with Crippen LogP contribution in [0.25, 0.3) is 17.1 Å². The molecule has 0 saturated carbocycles. The van der Waals surface area contributed by atoms with Gasteiger partial charge in [0.25, 0.3) is 0 Å². The van der Waals surface area contributed by atoms with Gasteiger partial charge in [0.05, 0.1) is 24.0 Å². The highest BCUT2D eigenvalue weighted by Crippen LogP contribution is 2.34. The minimum atomic E-state index is 0.187. The van der Waals surface area contributed by atoms with E-state index in [2.05, 4.69) is 58.3 Å². The summed E-state index contributed by atoms with van der Waals surface area (Å²) in [7, 11) is 1.67. The largest absolute Gasteiger partial charge is 0.474 e. The number of aliphatic imine (C=N–C) groups is 1. The number of nitrogens with zero attached hydrogens (tertiary/aromatic N) is 6. The average molecular weight is 421 g/mol. The third kappa shape index (κ3) is 3.44. The molecule has 0 unspecified atom stereocenters. The number of aromatic nitrogens is 5. The van der Waals surface area contributed by atoms with Crippen molar-refractivity contribution in [1.29, 1.82) is 0 Å². The first-order valence-electron chi connectivity index (χ1n) is 10.9. The van der Waals surface area contributed by atoms with Crippen molar-refractivity contribution in [2.75, 3.05) is 13.7 Å². The zero-order valence-corrected chi connectivity index (χ0v) is 18.5. The maximum atomic E-state index is 6.00. The second-order valence-electron chi connectivity index (χ2n) is 8.60. The quantitative estimate of drug-likeness (QED) is 0.478. The van der Waals surface area contributed by atoms with Crippen LogP contribution in [0.3, 0.4) is 0 Å². The summed E-state index contributed by atoms with van der Waals surface area (Å²) in [5, 5.41) is 8.93. The monoisotopic (exact) mass is 420 g/mol. The molecule has 8 heteroatoms. The molecule has 0 spiro atoms. The van der Waals surface area contributed by atoms with Gasteiger partial charge in [-0.25, -0.2) is 9.98 Å². The Kier molecular flexibility index (Phi) is 5.09. The highest BCUT2D eigenvalue weighted by molar-refractivity contribution is 5.95. The molecule has 0 radical (unpaired) electrons. The highest BCUT2D eigenvalue weighted by atomic mass is 16.5. The van der Waals surface area contributed by atoms with Gasteiger partial charge in [-0.1, -0.05) is 26.8 Å². The van der Waals surface area contributed by atoms with Crippen LogP contribution in [0.2, 0.25) is 0 Å². The first kappa shape index (κ1) is 19.9. The molecule has 162 valence electrons. The lowest BCUT2D eigenvalue weighted by Crippen LogP contribution is -2.13. The van der Waals surface area contributed by atoms with Crippen molar-refractivity contribution in [3.8, 4) is 17.1 Å². The normalized spacial score (nSPS) is 17.1. The molecular weight excluding hydrogens is 392 g/mol. The molecule has 5 rings (SSSR count). The third-order valence-corrected chi connectivity index (χ3v) is 5.90. The summed E-state index contributed by atoms with van der Waals surface area (Å²) < 4.78 is 15.6. The summed E-state index contributed by atoms with van der Waals surface area (Å²) in [4.78, 5) is 9.58. The minimum Gasteiger partial charge on any atom is -0.474 e.